The van der Waals surface area contributed by atoms with Gasteiger partial charge < -0.3 is 10.6 Å². The van der Waals surface area contributed by atoms with Crippen LogP contribution in [0.3, 0.4) is 0 Å². The van der Waals surface area contributed by atoms with E-state index in [-0.39, 0.29) is 6.04 Å². The molecule has 0 saturated heterocycles. The van der Waals surface area contributed by atoms with E-state index >= 15 is 0 Å². The zero-order valence-corrected chi connectivity index (χ0v) is 11.7. The molecule has 0 aliphatic rings. The van der Waals surface area contributed by atoms with E-state index in [0.717, 1.165) is 5.69 Å². The van der Waals surface area contributed by atoms with Gasteiger partial charge in [-0.15, -0.1) is 0 Å². The number of hydrogen-bond acceptors (Lipinski definition) is 3. The number of hydrogen-bond donors (Lipinski definition) is 2. The second-order valence-electron chi connectivity index (χ2n) is 4.25. The Morgan fingerprint density at radius 3 is 2.63 bits per heavy atom. The predicted octanol–water partition coefficient (Wildman–Crippen LogP) is 2.83. The van der Waals surface area contributed by atoms with Gasteiger partial charge in [0.15, 0.2) is 5.11 Å². The van der Waals surface area contributed by atoms with Crippen LogP contribution in [0.15, 0.2) is 42.6 Å². The summed E-state index contributed by atoms with van der Waals surface area (Å²) in [6.45, 7) is 3.97. The molecule has 98 valence electrons. The molecule has 1 aromatic carbocycles. The van der Waals surface area contributed by atoms with E-state index in [2.05, 4.69) is 39.7 Å². The first-order chi connectivity index (χ1) is 9.15. The molecule has 1 atom stereocenters. The lowest BCUT2D eigenvalue weighted by molar-refractivity contribution is 0.722. The smallest absolute Gasteiger partial charge is 0.229 e. The number of thiocarbonyl (C=S) groups is 1. The van der Waals surface area contributed by atoms with Crippen molar-refractivity contribution in [2.75, 3.05) is 5.32 Å². The summed E-state index contributed by atoms with van der Waals surface area (Å²) in [7, 11) is 0. The Kier molecular flexibility index (Phi) is 4.41. The van der Waals surface area contributed by atoms with Gasteiger partial charge in [0.1, 0.15) is 0 Å². The summed E-state index contributed by atoms with van der Waals surface area (Å²) < 4.78 is 0. The van der Waals surface area contributed by atoms with Gasteiger partial charge in [0.25, 0.3) is 0 Å². The van der Waals surface area contributed by atoms with Gasteiger partial charge in [0.05, 0.1) is 6.04 Å². The fourth-order valence-corrected chi connectivity index (χ4v) is 1.94. The first-order valence-electron chi connectivity index (χ1n) is 6.07. The fourth-order valence-electron chi connectivity index (χ4n) is 1.67. The lowest BCUT2D eigenvalue weighted by Crippen LogP contribution is -2.31. The standard InChI is InChI=1S/C14H16N4S/c1-10-8-9-15-13(16-10)18-14(19)17-11(2)12-6-4-3-5-7-12/h3-9,11H,1-2H3,(H2,15,16,17,18,19). The Morgan fingerprint density at radius 2 is 1.95 bits per heavy atom. The van der Waals surface area contributed by atoms with Crippen molar-refractivity contribution in [3.8, 4) is 0 Å². The molecule has 0 saturated carbocycles. The third kappa shape index (κ3) is 3.99. The second-order valence-corrected chi connectivity index (χ2v) is 4.66. The average Bonchev–Trinajstić information content (AvgIpc) is 2.39. The zero-order chi connectivity index (χ0) is 13.7. The third-order valence-corrected chi connectivity index (χ3v) is 2.89. The van der Waals surface area contributed by atoms with Gasteiger partial charge in [-0.1, -0.05) is 30.3 Å². The van der Waals surface area contributed by atoms with Crippen molar-refractivity contribution in [1.82, 2.24) is 15.3 Å². The van der Waals surface area contributed by atoms with Crippen LogP contribution in [0, 0.1) is 6.92 Å². The van der Waals surface area contributed by atoms with Crippen LogP contribution in [0.2, 0.25) is 0 Å². The van der Waals surface area contributed by atoms with Crippen LogP contribution >= 0.6 is 12.2 Å². The first kappa shape index (κ1) is 13.4. The van der Waals surface area contributed by atoms with E-state index in [1.54, 1.807) is 6.20 Å². The molecule has 4 nitrogen and oxygen atoms in total. The van der Waals surface area contributed by atoms with Gasteiger partial charge in [0, 0.05) is 11.9 Å². The largest absolute Gasteiger partial charge is 0.356 e. The van der Waals surface area contributed by atoms with Crippen molar-refractivity contribution in [1.29, 1.82) is 0 Å². The molecule has 1 heterocycles. The minimum Gasteiger partial charge on any atom is -0.356 e. The first-order valence-corrected chi connectivity index (χ1v) is 6.48. The van der Waals surface area contributed by atoms with E-state index in [9.17, 15) is 0 Å². The molecule has 5 heteroatoms. The SMILES string of the molecule is Cc1ccnc(NC(=S)NC(C)c2ccccc2)n1. The number of rotatable bonds is 3. The highest BCUT2D eigenvalue weighted by Gasteiger charge is 2.07. The third-order valence-electron chi connectivity index (χ3n) is 2.67. The van der Waals surface area contributed by atoms with Crippen molar-refractivity contribution in [2.24, 2.45) is 0 Å². The summed E-state index contributed by atoms with van der Waals surface area (Å²) in [6.07, 6.45) is 1.70. The molecule has 2 rings (SSSR count). The molecule has 0 aliphatic heterocycles. The molecule has 0 amide bonds. The van der Waals surface area contributed by atoms with Crippen LogP contribution in [0.5, 0.6) is 0 Å². The molecule has 19 heavy (non-hydrogen) atoms. The molecule has 2 N–H and O–H groups in total. The van der Waals surface area contributed by atoms with Gasteiger partial charge in [-0.2, -0.15) is 0 Å². The fraction of sp³-hybridized carbons (Fsp3) is 0.214. The highest BCUT2D eigenvalue weighted by molar-refractivity contribution is 7.80. The maximum Gasteiger partial charge on any atom is 0.229 e. The van der Waals surface area contributed by atoms with E-state index in [1.165, 1.54) is 5.56 Å². The molecule has 0 fully saturated rings. The Labute approximate surface area is 118 Å². The second kappa shape index (κ2) is 6.24. The van der Waals surface area contributed by atoms with E-state index in [1.807, 2.05) is 31.2 Å². The number of anilines is 1. The van der Waals surface area contributed by atoms with Crippen molar-refractivity contribution in [2.45, 2.75) is 19.9 Å². The molecule has 0 aliphatic carbocycles. The van der Waals surface area contributed by atoms with Crippen LogP contribution in [0.1, 0.15) is 24.2 Å². The van der Waals surface area contributed by atoms with Crippen LogP contribution in [0.25, 0.3) is 0 Å². The number of nitrogens with zero attached hydrogens (tertiary/aromatic N) is 2. The molecular formula is C14H16N4S. The Balaban J connectivity index is 1.95. The van der Waals surface area contributed by atoms with Crippen molar-refractivity contribution in [3.05, 3.63) is 53.9 Å². The quantitative estimate of drug-likeness (QED) is 0.841. The lowest BCUT2D eigenvalue weighted by Gasteiger charge is -2.16. The minimum absolute atomic E-state index is 0.131. The van der Waals surface area contributed by atoms with Crippen molar-refractivity contribution in [3.63, 3.8) is 0 Å². The number of benzene rings is 1. The number of aromatic nitrogens is 2. The molecule has 1 aromatic heterocycles. The van der Waals surface area contributed by atoms with Crippen LogP contribution in [-0.4, -0.2) is 15.1 Å². The maximum atomic E-state index is 5.25. The van der Waals surface area contributed by atoms with Gasteiger partial charge in [-0.05, 0) is 37.7 Å². The normalized spacial score (nSPS) is 11.7. The molecule has 0 bridgehead atoms. The highest BCUT2D eigenvalue weighted by Crippen LogP contribution is 2.11. The Bertz CT molecular complexity index is 556. The summed E-state index contributed by atoms with van der Waals surface area (Å²) in [4.78, 5) is 8.35. The van der Waals surface area contributed by atoms with Crippen LogP contribution in [0.4, 0.5) is 5.95 Å². The summed E-state index contributed by atoms with van der Waals surface area (Å²) in [5, 5.41) is 6.70. The maximum absolute atomic E-state index is 5.25. The van der Waals surface area contributed by atoms with Crippen LogP contribution < -0.4 is 10.6 Å². The average molecular weight is 272 g/mol. The van der Waals surface area contributed by atoms with Crippen LogP contribution in [-0.2, 0) is 0 Å². The molecule has 1 unspecified atom stereocenters. The summed E-state index contributed by atoms with van der Waals surface area (Å²) in [5.41, 5.74) is 2.08. The minimum atomic E-state index is 0.131. The zero-order valence-electron chi connectivity index (χ0n) is 10.9. The lowest BCUT2D eigenvalue weighted by atomic mass is 10.1. The molecule has 0 radical (unpaired) electrons. The van der Waals surface area contributed by atoms with Gasteiger partial charge in [0.2, 0.25) is 5.95 Å². The van der Waals surface area contributed by atoms with E-state index in [0.29, 0.717) is 11.1 Å². The molecular weight excluding hydrogens is 256 g/mol. The Hall–Kier alpha value is -2.01. The monoisotopic (exact) mass is 272 g/mol. The molecule has 2 aromatic rings. The van der Waals surface area contributed by atoms with E-state index in [4.69, 9.17) is 12.2 Å². The highest BCUT2D eigenvalue weighted by atomic mass is 32.1. The van der Waals surface area contributed by atoms with E-state index < -0.39 is 0 Å². The van der Waals surface area contributed by atoms with Gasteiger partial charge in [-0.3, -0.25) is 0 Å². The van der Waals surface area contributed by atoms with Crippen molar-refractivity contribution < 1.29 is 0 Å². The Morgan fingerprint density at radius 1 is 1.21 bits per heavy atom. The summed E-state index contributed by atoms with van der Waals surface area (Å²) in [6, 6.07) is 12.1. The number of nitrogens with one attached hydrogen (secondary N) is 2. The number of aryl methyl sites for hydroxylation is 1. The predicted molar refractivity (Wildman–Crippen MR) is 81.0 cm³/mol. The summed E-state index contributed by atoms with van der Waals surface area (Å²) >= 11 is 5.25. The van der Waals surface area contributed by atoms with Gasteiger partial charge in [-0.25, -0.2) is 9.97 Å². The topological polar surface area (TPSA) is 49.8 Å². The molecule has 0 spiro atoms. The van der Waals surface area contributed by atoms with Gasteiger partial charge >= 0.3 is 0 Å². The summed E-state index contributed by atoms with van der Waals surface area (Å²) in [5.74, 6) is 0.512. The van der Waals surface area contributed by atoms with Crippen molar-refractivity contribution >= 4 is 23.3 Å².